The molecule has 1 saturated heterocycles. The number of hydrogen-bond acceptors (Lipinski definition) is 6. The van der Waals surface area contributed by atoms with Crippen molar-refractivity contribution in [2.45, 2.75) is 137 Å². The number of fused-ring (bicyclic) bond motifs is 7. The summed E-state index contributed by atoms with van der Waals surface area (Å²) in [5.41, 5.74) is 0.902. The number of ether oxygens (including phenoxy) is 2. The fourth-order valence-corrected chi connectivity index (χ4v) is 13.3. The molecule has 7 nitrogen and oxygen atoms in total. The largest absolute Gasteiger partial charge is 0.481 e. The number of nitrogens with zero attached hydrogens (tertiary/aromatic N) is 1. The number of rotatable bonds is 7. The molecule has 5 aliphatic carbocycles. The molecule has 6 aliphatic rings. The Bertz CT molecular complexity index is 1180. The van der Waals surface area contributed by atoms with Crippen LogP contribution in [0.15, 0.2) is 12.2 Å². The summed E-state index contributed by atoms with van der Waals surface area (Å²) in [4.78, 5) is 31.8. The second-order valence-electron chi connectivity index (χ2n) is 17.6. The van der Waals surface area contributed by atoms with E-state index in [0.29, 0.717) is 30.3 Å². The monoisotopic (exact) mass is 627 g/mol. The molecule has 0 aromatic heterocycles. The molecule has 0 aromatic rings. The second kappa shape index (κ2) is 11.6. The SMILES string of the molecule is C=C(C)C1CC[C@]2(C(=O)O)CC[C@]3(C)C(CCC4[C@@]5(C)CC[C@H](OC(=O)CN(OC)[C@H]6CCCCO6)C(C)(C)C5CC[C@]43C)C12. The maximum Gasteiger partial charge on any atom is 0.323 e. The van der Waals surface area contributed by atoms with Crippen molar-refractivity contribution in [1.82, 2.24) is 5.06 Å². The molecule has 7 heteroatoms. The predicted molar refractivity (Wildman–Crippen MR) is 174 cm³/mol. The Morgan fingerprint density at radius 2 is 1.64 bits per heavy atom. The van der Waals surface area contributed by atoms with Gasteiger partial charge in [-0.2, -0.15) is 0 Å². The fraction of sp³-hybridized carbons (Fsp3) is 0.895. The maximum atomic E-state index is 13.3. The fourth-order valence-electron chi connectivity index (χ4n) is 13.3. The third kappa shape index (κ3) is 4.90. The van der Waals surface area contributed by atoms with Crippen molar-refractivity contribution < 1.29 is 29.0 Å². The average molecular weight is 628 g/mol. The van der Waals surface area contributed by atoms with Gasteiger partial charge < -0.3 is 14.6 Å². The highest BCUT2D eigenvalue weighted by Crippen LogP contribution is 2.77. The smallest absolute Gasteiger partial charge is 0.323 e. The topological polar surface area (TPSA) is 85.3 Å². The summed E-state index contributed by atoms with van der Waals surface area (Å²) in [6.07, 6.45) is 12.8. The van der Waals surface area contributed by atoms with Gasteiger partial charge in [0.25, 0.3) is 0 Å². The van der Waals surface area contributed by atoms with E-state index in [1.807, 2.05) is 0 Å². The van der Waals surface area contributed by atoms with Crippen molar-refractivity contribution in [2.75, 3.05) is 20.3 Å². The molecule has 254 valence electrons. The molecule has 45 heavy (non-hydrogen) atoms. The molecule has 0 radical (unpaired) electrons. The minimum Gasteiger partial charge on any atom is -0.481 e. The molecular formula is C38H61NO6. The lowest BCUT2D eigenvalue weighted by Crippen LogP contribution is -2.67. The molecule has 0 amide bonds. The molecule has 5 saturated carbocycles. The lowest BCUT2D eigenvalue weighted by molar-refractivity contribution is -0.259. The summed E-state index contributed by atoms with van der Waals surface area (Å²) in [7, 11) is 1.61. The first-order valence-electron chi connectivity index (χ1n) is 18.2. The summed E-state index contributed by atoms with van der Waals surface area (Å²) < 4.78 is 12.2. The number of carbonyl (C=O) groups is 2. The van der Waals surface area contributed by atoms with Crippen LogP contribution in [0.2, 0.25) is 0 Å². The van der Waals surface area contributed by atoms with Crippen LogP contribution in [0.1, 0.15) is 125 Å². The number of esters is 1. The van der Waals surface area contributed by atoms with Gasteiger partial charge in [0.1, 0.15) is 18.9 Å². The summed E-state index contributed by atoms with van der Waals surface area (Å²) in [5, 5.41) is 12.3. The van der Waals surface area contributed by atoms with Gasteiger partial charge in [-0.1, -0.05) is 46.8 Å². The quantitative estimate of drug-likeness (QED) is 0.174. The number of aliphatic carboxylic acids is 1. The van der Waals surface area contributed by atoms with Crippen molar-refractivity contribution in [3.63, 3.8) is 0 Å². The van der Waals surface area contributed by atoms with E-state index < -0.39 is 11.4 Å². The zero-order chi connectivity index (χ0) is 32.6. The van der Waals surface area contributed by atoms with Gasteiger partial charge >= 0.3 is 11.9 Å². The number of hydroxylamine groups is 2. The van der Waals surface area contributed by atoms with E-state index in [1.165, 1.54) is 12.0 Å². The predicted octanol–water partition coefficient (Wildman–Crippen LogP) is 8.03. The highest BCUT2D eigenvalue weighted by atomic mass is 16.7. The number of allylic oxidation sites excluding steroid dienone is 1. The van der Waals surface area contributed by atoms with E-state index in [2.05, 4.69) is 48.1 Å². The first-order valence-corrected chi connectivity index (χ1v) is 18.2. The Balaban J connectivity index is 1.21. The number of carbonyl (C=O) groups excluding carboxylic acids is 1. The second-order valence-corrected chi connectivity index (χ2v) is 17.6. The van der Waals surface area contributed by atoms with Crippen LogP contribution in [0.25, 0.3) is 0 Å². The zero-order valence-electron chi connectivity index (χ0n) is 29.3. The molecule has 0 bridgehead atoms. The van der Waals surface area contributed by atoms with Crippen molar-refractivity contribution in [3.05, 3.63) is 12.2 Å². The third-order valence-electron chi connectivity index (χ3n) is 15.7. The molecule has 6 fully saturated rings. The Kier molecular flexibility index (Phi) is 8.64. The molecule has 5 unspecified atom stereocenters. The highest BCUT2D eigenvalue weighted by molar-refractivity contribution is 5.76. The van der Waals surface area contributed by atoms with Crippen LogP contribution in [0, 0.1) is 56.7 Å². The minimum atomic E-state index is -0.580. The van der Waals surface area contributed by atoms with Crippen molar-refractivity contribution in [2.24, 2.45) is 56.7 Å². The third-order valence-corrected chi connectivity index (χ3v) is 15.7. The van der Waals surface area contributed by atoms with Crippen LogP contribution in [0.4, 0.5) is 0 Å². The molecule has 0 aromatic carbocycles. The number of carboxylic acid groups (broad SMARTS) is 1. The van der Waals surface area contributed by atoms with Crippen LogP contribution in [-0.4, -0.2) is 54.7 Å². The molecule has 1 N–H and O–H groups in total. The standard InChI is InChI=1S/C38H61NO6/c1-24(2)25-14-19-38(33(41)42)21-20-36(6)26(32(25)38)12-13-28-35(5)17-16-29(34(3,4)27(35)15-18-37(28,36)7)45-31(40)23-39(43-8)30-11-9-10-22-44-30/h25-30,32H,1,9-23H2,2-8H3,(H,41,42)/t25?,26?,27?,28?,29-,30+,32?,35-,36+,37+,38-/m0/s1. The van der Waals surface area contributed by atoms with Gasteiger partial charge in [-0.25, -0.2) is 0 Å². The van der Waals surface area contributed by atoms with E-state index >= 15 is 0 Å². The molecule has 11 atom stereocenters. The van der Waals surface area contributed by atoms with Gasteiger partial charge in [-0.05, 0) is 136 Å². The van der Waals surface area contributed by atoms with Crippen LogP contribution in [0.5, 0.6) is 0 Å². The number of carboxylic acids is 1. The molecule has 0 spiro atoms. The van der Waals surface area contributed by atoms with Gasteiger partial charge in [0.2, 0.25) is 0 Å². The van der Waals surface area contributed by atoms with Gasteiger partial charge in [-0.15, -0.1) is 5.06 Å². The van der Waals surface area contributed by atoms with E-state index in [1.54, 1.807) is 12.2 Å². The van der Waals surface area contributed by atoms with E-state index in [-0.39, 0.29) is 52.4 Å². The lowest BCUT2D eigenvalue weighted by Gasteiger charge is -2.72. The summed E-state index contributed by atoms with van der Waals surface area (Å²) in [5.74, 6) is 1.20. The average Bonchev–Trinajstić information content (AvgIpc) is 3.40. The summed E-state index contributed by atoms with van der Waals surface area (Å²) >= 11 is 0. The first-order chi connectivity index (χ1) is 21.2. The van der Waals surface area contributed by atoms with Crippen LogP contribution >= 0.6 is 0 Å². The van der Waals surface area contributed by atoms with Crippen molar-refractivity contribution in [1.29, 1.82) is 0 Å². The van der Waals surface area contributed by atoms with Gasteiger partial charge in [0.05, 0.1) is 12.5 Å². The van der Waals surface area contributed by atoms with Crippen LogP contribution < -0.4 is 0 Å². The summed E-state index contributed by atoms with van der Waals surface area (Å²) in [6, 6.07) is 0. The van der Waals surface area contributed by atoms with E-state index in [9.17, 15) is 14.7 Å². The normalized spacial score (nSPS) is 47.2. The van der Waals surface area contributed by atoms with Crippen molar-refractivity contribution >= 4 is 11.9 Å². The first kappa shape index (κ1) is 33.5. The Labute approximate surface area is 272 Å². The minimum absolute atomic E-state index is 0.0836. The van der Waals surface area contributed by atoms with Gasteiger partial charge in [0, 0.05) is 12.0 Å². The lowest BCUT2D eigenvalue weighted by atomic mass is 9.32. The zero-order valence-corrected chi connectivity index (χ0v) is 29.3. The Morgan fingerprint density at radius 1 is 0.889 bits per heavy atom. The molecular weight excluding hydrogens is 566 g/mol. The van der Waals surface area contributed by atoms with E-state index in [0.717, 1.165) is 77.0 Å². The van der Waals surface area contributed by atoms with Crippen molar-refractivity contribution in [3.8, 4) is 0 Å². The summed E-state index contributed by atoms with van der Waals surface area (Å²) in [6.45, 7) is 19.7. The van der Waals surface area contributed by atoms with Gasteiger partial charge in [-0.3, -0.25) is 14.4 Å². The van der Waals surface area contributed by atoms with Crippen LogP contribution in [-0.2, 0) is 23.9 Å². The maximum absolute atomic E-state index is 13.3. The Morgan fingerprint density at radius 3 is 2.29 bits per heavy atom. The van der Waals surface area contributed by atoms with Gasteiger partial charge in [0.15, 0.2) is 0 Å². The van der Waals surface area contributed by atoms with Crippen LogP contribution in [0.3, 0.4) is 0 Å². The molecule has 6 rings (SSSR count). The highest BCUT2D eigenvalue weighted by Gasteiger charge is 2.72. The number of hydrogen-bond donors (Lipinski definition) is 1. The Hall–Kier alpha value is -1.44. The molecule has 1 aliphatic heterocycles. The van der Waals surface area contributed by atoms with E-state index in [4.69, 9.17) is 14.3 Å². The molecule has 1 heterocycles.